The zero-order chi connectivity index (χ0) is 18.8. The van der Waals surface area contributed by atoms with Crippen molar-refractivity contribution < 1.29 is 14.7 Å². The van der Waals surface area contributed by atoms with E-state index in [9.17, 15) is 14.4 Å². The lowest BCUT2D eigenvalue weighted by Crippen LogP contribution is -2.29. The zero-order valence-corrected chi connectivity index (χ0v) is 15.8. The van der Waals surface area contributed by atoms with Crippen molar-refractivity contribution in [2.45, 2.75) is 52.5 Å². The first-order chi connectivity index (χ1) is 12.4. The van der Waals surface area contributed by atoms with E-state index in [1.54, 1.807) is 18.4 Å². The molecule has 0 radical (unpaired) electrons. The highest BCUT2D eigenvalue weighted by atomic mass is 32.1. The Morgan fingerprint density at radius 1 is 1.35 bits per heavy atom. The minimum absolute atomic E-state index is 0.00129. The van der Waals surface area contributed by atoms with E-state index in [4.69, 9.17) is 5.11 Å². The van der Waals surface area contributed by atoms with Gasteiger partial charge >= 0.3 is 5.97 Å². The summed E-state index contributed by atoms with van der Waals surface area (Å²) in [6.07, 6.45) is 3.88. The van der Waals surface area contributed by atoms with Gasteiger partial charge in [-0.2, -0.15) is 0 Å². The van der Waals surface area contributed by atoms with Gasteiger partial charge < -0.3 is 10.4 Å². The van der Waals surface area contributed by atoms with Crippen molar-refractivity contribution in [2.24, 2.45) is 5.92 Å². The van der Waals surface area contributed by atoms with Crippen molar-refractivity contribution >= 4 is 33.4 Å². The van der Waals surface area contributed by atoms with Gasteiger partial charge in [0.25, 0.3) is 11.5 Å². The van der Waals surface area contributed by atoms with Gasteiger partial charge in [-0.3, -0.25) is 19.0 Å². The summed E-state index contributed by atoms with van der Waals surface area (Å²) in [5.41, 5.74) is 0.601. The van der Waals surface area contributed by atoms with Crippen molar-refractivity contribution in [1.82, 2.24) is 14.9 Å². The number of aliphatic carboxylic acids is 1. The van der Waals surface area contributed by atoms with Crippen LogP contribution in [-0.4, -0.2) is 33.1 Å². The Morgan fingerprint density at radius 3 is 2.85 bits per heavy atom. The fourth-order valence-electron chi connectivity index (χ4n) is 3.34. The van der Waals surface area contributed by atoms with E-state index in [1.807, 2.05) is 0 Å². The number of aryl methyl sites for hydroxylation is 2. The fourth-order valence-corrected chi connectivity index (χ4v) is 4.45. The maximum absolute atomic E-state index is 12.9. The van der Waals surface area contributed by atoms with Gasteiger partial charge in [0.2, 0.25) is 0 Å². The molecular formula is C18H23N3O4S. The molecule has 0 saturated heterocycles. The van der Waals surface area contributed by atoms with Crippen molar-refractivity contribution in [3.63, 3.8) is 0 Å². The molecule has 2 N–H and O–H groups in total. The van der Waals surface area contributed by atoms with Crippen LogP contribution in [0.3, 0.4) is 0 Å². The van der Waals surface area contributed by atoms with Gasteiger partial charge in [-0.15, -0.1) is 11.3 Å². The normalized spacial score (nSPS) is 15.3. The van der Waals surface area contributed by atoms with Gasteiger partial charge in [0.1, 0.15) is 10.7 Å². The van der Waals surface area contributed by atoms with Gasteiger partial charge in [0.05, 0.1) is 10.3 Å². The van der Waals surface area contributed by atoms with E-state index in [2.05, 4.69) is 10.3 Å². The van der Waals surface area contributed by atoms with Crippen molar-refractivity contribution in [1.29, 1.82) is 0 Å². The second-order valence-corrected chi connectivity index (χ2v) is 7.94. The molecule has 0 spiro atoms. The van der Waals surface area contributed by atoms with E-state index < -0.39 is 5.97 Å². The van der Waals surface area contributed by atoms with Crippen LogP contribution < -0.4 is 10.9 Å². The van der Waals surface area contributed by atoms with E-state index in [0.29, 0.717) is 27.2 Å². The number of hydrogen-bond donors (Lipinski definition) is 2. The number of hydrogen-bond acceptors (Lipinski definition) is 5. The SMILES string of the molecule is Cc1c(C(=O)NCC(C)CC(=O)O)sc2nc3n(c(=O)c12)CCCCC3. The summed E-state index contributed by atoms with van der Waals surface area (Å²) in [5, 5.41) is 12.1. The van der Waals surface area contributed by atoms with Crippen LogP contribution >= 0.6 is 11.3 Å². The highest BCUT2D eigenvalue weighted by molar-refractivity contribution is 7.20. The topological polar surface area (TPSA) is 101 Å². The molecule has 0 fully saturated rings. The largest absolute Gasteiger partial charge is 0.481 e. The fraction of sp³-hybridized carbons (Fsp3) is 0.556. The lowest BCUT2D eigenvalue weighted by molar-refractivity contribution is -0.137. The summed E-state index contributed by atoms with van der Waals surface area (Å²) in [6, 6.07) is 0. The first-order valence-electron chi connectivity index (χ1n) is 8.91. The highest BCUT2D eigenvalue weighted by Gasteiger charge is 2.22. The van der Waals surface area contributed by atoms with Crippen LogP contribution in [0.4, 0.5) is 0 Å². The molecule has 2 aromatic rings. The van der Waals surface area contributed by atoms with Gasteiger partial charge in [-0.25, -0.2) is 4.98 Å². The first kappa shape index (κ1) is 18.6. The molecular weight excluding hydrogens is 354 g/mol. The lowest BCUT2D eigenvalue weighted by atomic mass is 10.1. The molecule has 0 saturated carbocycles. The first-order valence-corrected chi connectivity index (χ1v) is 9.73. The number of nitrogens with one attached hydrogen (secondary N) is 1. The molecule has 7 nitrogen and oxygen atoms in total. The molecule has 3 rings (SSSR count). The molecule has 1 amide bonds. The number of amides is 1. The second kappa shape index (κ2) is 7.57. The summed E-state index contributed by atoms with van der Waals surface area (Å²) < 4.78 is 1.76. The van der Waals surface area contributed by atoms with Crippen LogP contribution in [0.2, 0.25) is 0 Å². The van der Waals surface area contributed by atoms with Crippen LogP contribution in [0.5, 0.6) is 0 Å². The van der Waals surface area contributed by atoms with Crippen LogP contribution in [0, 0.1) is 12.8 Å². The van der Waals surface area contributed by atoms with Crippen molar-refractivity contribution in [3.05, 3.63) is 26.6 Å². The summed E-state index contributed by atoms with van der Waals surface area (Å²) >= 11 is 1.24. The van der Waals surface area contributed by atoms with Crippen molar-refractivity contribution in [3.8, 4) is 0 Å². The minimum Gasteiger partial charge on any atom is -0.481 e. The average molecular weight is 377 g/mol. The minimum atomic E-state index is -0.886. The summed E-state index contributed by atoms with van der Waals surface area (Å²) in [5.74, 6) is -0.514. The Balaban J connectivity index is 1.89. The third-order valence-electron chi connectivity index (χ3n) is 4.75. The number of nitrogens with zero attached hydrogens (tertiary/aromatic N) is 2. The Bertz CT molecular complexity index is 915. The summed E-state index contributed by atoms with van der Waals surface area (Å²) in [4.78, 5) is 41.9. The third kappa shape index (κ3) is 3.65. The monoisotopic (exact) mass is 377 g/mol. The van der Waals surface area contributed by atoms with Crippen LogP contribution in [0.1, 0.15) is 53.7 Å². The molecule has 1 aliphatic rings. The molecule has 8 heteroatoms. The molecule has 3 heterocycles. The zero-order valence-electron chi connectivity index (χ0n) is 15.0. The predicted octanol–water partition coefficient (Wildman–Crippen LogP) is 2.33. The number of carboxylic acids is 1. The van der Waals surface area contributed by atoms with Crippen LogP contribution in [0.25, 0.3) is 10.2 Å². The number of carboxylic acid groups (broad SMARTS) is 1. The smallest absolute Gasteiger partial charge is 0.303 e. The molecule has 1 aliphatic heterocycles. The van der Waals surface area contributed by atoms with Crippen LogP contribution in [0.15, 0.2) is 4.79 Å². The Labute approximate surface area is 155 Å². The number of carbonyl (C=O) groups is 2. The quantitative estimate of drug-likeness (QED) is 0.833. The van der Waals surface area contributed by atoms with E-state index in [1.165, 1.54) is 11.3 Å². The molecule has 26 heavy (non-hydrogen) atoms. The molecule has 1 atom stereocenters. The molecule has 1 unspecified atom stereocenters. The number of fused-ring (bicyclic) bond motifs is 2. The number of aromatic nitrogens is 2. The standard InChI is InChI=1S/C18H23N3O4S/c1-10(8-13(22)23)9-19-16(24)15-11(2)14-17(26-15)20-12-6-4-3-5-7-21(12)18(14)25/h10H,3-9H2,1-2H3,(H,19,24)(H,22,23). The van der Waals surface area contributed by atoms with Gasteiger partial charge in [-0.1, -0.05) is 13.3 Å². The molecule has 2 aromatic heterocycles. The van der Waals surface area contributed by atoms with E-state index in [0.717, 1.165) is 31.5 Å². The van der Waals surface area contributed by atoms with E-state index >= 15 is 0 Å². The maximum atomic E-state index is 12.9. The van der Waals surface area contributed by atoms with Gasteiger partial charge in [0.15, 0.2) is 0 Å². The average Bonchev–Trinajstić information content (AvgIpc) is 2.76. The number of rotatable bonds is 5. The summed E-state index contributed by atoms with van der Waals surface area (Å²) in [6.45, 7) is 4.51. The number of carbonyl (C=O) groups excluding carboxylic acids is 1. The highest BCUT2D eigenvalue weighted by Crippen LogP contribution is 2.28. The van der Waals surface area contributed by atoms with Crippen molar-refractivity contribution in [2.75, 3.05) is 6.54 Å². The van der Waals surface area contributed by atoms with Gasteiger partial charge in [0, 0.05) is 25.9 Å². The van der Waals surface area contributed by atoms with Crippen LogP contribution in [-0.2, 0) is 17.8 Å². The molecule has 0 aromatic carbocycles. The third-order valence-corrected chi connectivity index (χ3v) is 5.94. The molecule has 0 aliphatic carbocycles. The Morgan fingerprint density at radius 2 is 2.12 bits per heavy atom. The second-order valence-electron chi connectivity index (χ2n) is 6.94. The molecule has 140 valence electrons. The van der Waals surface area contributed by atoms with Gasteiger partial charge in [-0.05, 0) is 31.2 Å². The molecule has 0 bridgehead atoms. The van der Waals surface area contributed by atoms with E-state index in [-0.39, 0.29) is 30.3 Å². The summed E-state index contributed by atoms with van der Waals surface area (Å²) in [7, 11) is 0. The lowest BCUT2D eigenvalue weighted by Gasteiger charge is -2.10. The Hall–Kier alpha value is -2.22. The Kier molecular flexibility index (Phi) is 5.41. The predicted molar refractivity (Wildman–Crippen MR) is 99.9 cm³/mol. The number of thiophene rings is 1. The maximum Gasteiger partial charge on any atom is 0.303 e.